The number of ether oxygens (including phenoxy) is 8. The van der Waals surface area contributed by atoms with E-state index in [1.165, 1.54) is 13.2 Å². The summed E-state index contributed by atoms with van der Waals surface area (Å²) in [6.45, 7) is 15.8. The fourth-order valence-electron chi connectivity index (χ4n) is 8.44. The van der Waals surface area contributed by atoms with Crippen molar-refractivity contribution in [3.8, 4) is 5.75 Å². The topological polar surface area (TPSA) is 283 Å². The first-order valence-electron chi connectivity index (χ1n) is 27.7. The van der Waals surface area contributed by atoms with Crippen molar-refractivity contribution in [2.45, 2.75) is 142 Å². The highest BCUT2D eigenvalue weighted by molar-refractivity contribution is 6.32. The summed E-state index contributed by atoms with van der Waals surface area (Å²) >= 11 is 6.39. The van der Waals surface area contributed by atoms with E-state index in [9.17, 15) is 33.6 Å². The Kier molecular flexibility index (Phi) is 28.9. The van der Waals surface area contributed by atoms with E-state index in [0.717, 1.165) is 11.1 Å². The molecule has 22 heteroatoms. The number of hydrogen-bond acceptors (Lipinski definition) is 16. The molecule has 1 fully saturated rings. The number of carbonyl (C=O) groups excluding carboxylic acids is 7. The van der Waals surface area contributed by atoms with Gasteiger partial charge in [0.15, 0.2) is 6.10 Å². The summed E-state index contributed by atoms with van der Waals surface area (Å²) in [5.74, 6) is -3.70. The Bertz CT molecular complexity index is 2330. The number of esters is 2. The Labute approximate surface area is 476 Å². The number of amides is 5. The quantitative estimate of drug-likeness (QED) is 0.0342. The summed E-state index contributed by atoms with van der Waals surface area (Å²) in [4.78, 5) is 93.9. The van der Waals surface area contributed by atoms with Crippen LogP contribution in [0.1, 0.15) is 110 Å². The Hall–Kier alpha value is -5.68. The average Bonchev–Trinajstić information content (AvgIpc) is 4.24. The molecule has 0 spiro atoms. The lowest BCUT2D eigenvalue weighted by Crippen LogP contribution is -2.52. The standard InChI is InChI=1S/C58H87ClN6O15/c1-36(2)31-47-56(71)78-45(14-12-15-49(67)64-44(33-40-18-21-46(74-9)42(59)32-40)54(69)63-35-58(6,7)57(72)79-47)38(5)51-52(80-51)41-19-16-39(17-20-41)34-62-53(68)43(65-55(70)50(60)37(3)4)13-10-11-23-61-48(66)22-24-75-27-28-77-30-29-76-26-25-73-8/h12,15-21,32,36-38,43-45,47,50-52H,10-11,13-14,22-31,33-35,60H2,1-9H3,(H,61,66)(H,62,68)(H,63,69)(H,64,67)(H,65,70)/b15-12+/t38-,43-,44+,45-,47-,50-,51+,52+/m0/s1. The normalized spacial score (nSPS) is 21.3. The molecule has 2 aromatic carbocycles. The molecule has 0 radical (unpaired) electrons. The van der Waals surface area contributed by atoms with Gasteiger partial charge in [-0.3, -0.25) is 28.8 Å². The van der Waals surface area contributed by atoms with Gasteiger partial charge >= 0.3 is 11.9 Å². The molecule has 0 unspecified atom stereocenters. The number of rotatable bonds is 31. The maximum Gasteiger partial charge on any atom is 0.347 e. The number of cyclic esters (lactones) is 2. The number of benzene rings is 2. The van der Waals surface area contributed by atoms with E-state index in [1.807, 2.05) is 58.9 Å². The van der Waals surface area contributed by atoms with Crippen LogP contribution >= 0.6 is 11.6 Å². The lowest BCUT2D eigenvalue weighted by molar-refractivity contribution is -0.179. The van der Waals surface area contributed by atoms with E-state index < -0.39 is 77.4 Å². The van der Waals surface area contributed by atoms with Gasteiger partial charge in [-0.05, 0) is 86.3 Å². The second kappa shape index (κ2) is 34.6. The molecule has 1 saturated heterocycles. The number of methoxy groups -OCH3 is 2. The first-order chi connectivity index (χ1) is 38.1. The van der Waals surface area contributed by atoms with Gasteiger partial charge in [-0.15, -0.1) is 0 Å². The number of nitrogens with one attached hydrogen (secondary N) is 5. The maximum atomic E-state index is 14.0. The van der Waals surface area contributed by atoms with Gasteiger partial charge in [0.1, 0.15) is 30.0 Å². The van der Waals surface area contributed by atoms with Crippen LogP contribution in [-0.2, 0) is 79.7 Å². The third-order valence-electron chi connectivity index (χ3n) is 13.6. The zero-order valence-electron chi connectivity index (χ0n) is 48.1. The van der Waals surface area contributed by atoms with Crippen molar-refractivity contribution >= 4 is 53.1 Å². The largest absolute Gasteiger partial charge is 0.495 e. The zero-order chi connectivity index (χ0) is 58.8. The van der Waals surface area contributed by atoms with Crippen LogP contribution < -0.4 is 37.1 Å². The summed E-state index contributed by atoms with van der Waals surface area (Å²) in [5, 5.41) is 14.5. The first-order valence-corrected chi connectivity index (χ1v) is 28.1. The lowest BCUT2D eigenvalue weighted by Gasteiger charge is -2.29. The molecule has 21 nitrogen and oxygen atoms in total. The van der Waals surface area contributed by atoms with Gasteiger partial charge in [0.05, 0.1) is 75.9 Å². The van der Waals surface area contributed by atoms with Crippen LogP contribution in [0.4, 0.5) is 0 Å². The van der Waals surface area contributed by atoms with Gasteiger partial charge in [-0.25, -0.2) is 4.79 Å². The van der Waals surface area contributed by atoms with Crippen LogP contribution in [0.3, 0.4) is 0 Å². The molecule has 0 saturated carbocycles. The van der Waals surface area contributed by atoms with Crippen LogP contribution in [0.15, 0.2) is 54.6 Å². The highest BCUT2D eigenvalue weighted by Crippen LogP contribution is 2.45. The molecule has 2 aliphatic heterocycles. The van der Waals surface area contributed by atoms with Gasteiger partial charge in [0.25, 0.3) is 0 Å². The SMILES string of the molecule is COCCOCCOCCOCCC(=O)NCCCC[C@H](NC(=O)[C@@H](N)C(C)C)C(=O)NCc1ccc([C@H]2O[C@@H]2[C@@H](C)[C@@H]2C/C=C/C(=O)N[C@H](Cc3ccc(OC)c(Cl)c3)C(=O)NCC(C)(C)C(=O)O[C@@H](CC(C)C)C(=O)O2)cc1. The summed E-state index contributed by atoms with van der Waals surface area (Å²) in [6, 6.07) is 9.84. The van der Waals surface area contributed by atoms with E-state index in [1.54, 1.807) is 45.2 Å². The van der Waals surface area contributed by atoms with Crippen molar-refractivity contribution in [1.82, 2.24) is 26.6 Å². The van der Waals surface area contributed by atoms with Crippen LogP contribution in [0.25, 0.3) is 0 Å². The minimum Gasteiger partial charge on any atom is -0.495 e. The predicted octanol–water partition coefficient (Wildman–Crippen LogP) is 4.58. The zero-order valence-corrected chi connectivity index (χ0v) is 48.8. The van der Waals surface area contributed by atoms with E-state index >= 15 is 0 Å². The number of unbranched alkanes of at least 4 members (excludes halogenated alkanes) is 1. The van der Waals surface area contributed by atoms with Crippen LogP contribution in [-0.4, -0.2) is 151 Å². The highest BCUT2D eigenvalue weighted by Gasteiger charge is 2.48. The van der Waals surface area contributed by atoms with Gasteiger partial charge < -0.3 is 70.2 Å². The maximum absolute atomic E-state index is 14.0. The summed E-state index contributed by atoms with van der Waals surface area (Å²) in [6.07, 6.45) is 1.99. The Morgan fingerprint density at radius 2 is 1.50 bits per heavy atom. The molecule has 446 valence electrons. The van der Waals surface area contributed by atoms with Crippen molar-refractivity contribution in [3.05, 3.63) is 76.3 Å². The average molecular weight is 1140 g/mol. The van der Waals surface area contributed by atoms with E-state index in [4.69, 9.17) is 55.2 Å². The fraction of sp³-hybridized carbons (Fsp3) is 0.638. The first kappa shape index (κ1) is 66.8. The molecule has 0 bridgehead atoms. The molecular weight excluding hydrogens is 1060 g/mol. The summed E-state index contributed by atoms with van der Waals surface area (Å²) in [5.41, 5.74) is 7.15. The number of halogens is 1. The van der Waals surface area contributed by atoms with Crippen LogP contribution in [0.2, 0.25) is 5.02 Å². The number of hydrogen-bond donors (Lipinski definition) is 6. The Morgan fingerprint density at radius 1 is 0.838 bits per heavy atom. The molecule has 2 heterocycles. The lowest BCUT2D eigenvalue weighted by atomic mass is 9.92. The van der Waals surface area contributed by atoms with Crippen molar-refractivity contribution < 1.29 is 71.5 Å². The van der Waals surface area contributed by atoms with Crippen molar-refractivity contribution in [1.29, 1.82) is 0 Å². The molecular formula is C58H87ClN6O15. The molecule has 5 amide bonds. The van der Waals surface area contributed by atoms with Crippen LogP contribution in [0, 0.1) is 23.2 Å². The molecule has 80 heavy (non-hydrogen) atoms. The second-order valence-electron chi connectivity index (χ2n) is 21.6. The van der Waals surface area contributed by atoms with E-state index in [-0.39, 0.29) is 75.1 Å². The van der Waals surface area contributed by atoms with Crippen molar-refractivity contribution in [2.75, 3.05) is 73.6 Å². The molecule has 2 aliphatic rings. The molecule has 0 aliphatic carbocycles. The third-order valence-corrected chi connectivity index (χ3v) is 13.9. The minimum absolute atomic E-state index is 0.0561. The van der Waals surface area contributed by atoms with Gasteiger partial charge in [0.2, 0.25) is 29.5 Å². The highest BCUT2D eigenvalue weighted by atomic mass is 35.5. The van der Waals surface area contributed by atoms with Gasteiger partial charge in [-0.2, -0.15) is 0 Å². The van der Waals surface area contributed by atoms with E-state index in [2.05, 4.69) is 26.6 Å². The molecule has 4 rings (SSSR count). The third kappa shape index (κ3) is 23.4. The molecule has 0 aromatic heterocycles. The Balaban J connectivity index is 1.36. The monoisotopic (exact) mass is 1140 g/mol. The fourth-order valence-corrected chi connectivity index (χ4v) is 8.72. The van der Waals surface area contributed by atoms with E-state index in [0.29, 0.717) is 81.8 Å². The number of nitrogens with two attached hydrogens (primary N) is 1. The van der Waals surface area contributed by atoms with Gasteiger partial charge in [0, 0.05) is 51.9 Å². The number of carbonyl (C=O) groups is 7. The predicted molar refractivity (Wildman–Crippen MR) is 299 cm³/mol. The number of epoxide rings is 1. The van der Waals surface area contributed by atoms with Crippen LogP contribution in [0.5, 0.6) is 5.75 Å². The second-order valence-corrected chi connectivity index (χ2v) is 22.0. The molecule has 8 atom stereocenters. The summed E-state index contributed by atoms with van der Waals surface area (Å²) < 4.78 is 44.7. The smallest absolute Gasteiger partial charge is 0.347 e. The van der Waals surface area contributed by atoms with Crippen molar-refractivity contribution in [2.24, 2.45) is 28.9 Å². The Morgan fingerprint density at radius 3 is 2.14 bits per heavy atom. The molecule has 7 N–H and O–H groups in total. The minimum atomic E-state index is -1.27. The van der Waals surface area contributed by atoms with Crippen molar-refractivity contribution in [3.63, 3.8) is 0 Å². The van der Waals surface area contributed by atoms with Gasteiger partial charge in [-0.1, -0.05) is 82.6 Å². The summed E-state index contributed by atoms with van der Waals surface area (Å²) in [7, 11) is 3.10. The molecule has 2 aromatic rings.